The fraction of sp³-hybridized carbons (Fsp3) is 0.333. The minimum Gasteiger partial charge on any atom is -0.328 e. The molecule has 3 rings (SSSR count). The molecule has 1 aliphatic heterocycles. The second-order valence-corrected chi connectivity index (χ2v) is 4.29. The number of carbonyl (C=O) groups excluding carboxylic acids is 1. The number of H-pyrrole nitrogens is 1. The molecule has 0 bridgehead atoms. The Bertz CT molecular complexity index is 525. The van der Waals surface area contributed by atoms with Gasteiger partial charge in [0, 0.05) is 12.1 Å². The zero-order valence-electron chi connectivity index (χ0n) is 9.78. The van der Waals surface area contributed by atoms with Crippen molar-refractivity contribution in [2.45, 2.75) is 18.9 Å². The molecular weight excluding hydrogens is 230 g/mol. The molecule has 1 atom stereocenters. The molecule has 1 aliphatic rings. The van der Waals surface area contributed by atoms with E-state index in [1.165, 1.54) is 0 Å². The van der Waals surface area contributed by atoms with E-state index in [2.05, 4.69) is 20.6 Å². The number of nitrogens with zero attached hydrogens (tertiary/aromatic N) is 4. The van der Waals surface area contributed by atoms with Gasteiger partial charge < -0.3 is 4.90 Å². The summed E-state index contributed by atoms with van der Waals surface area (Å²) < 4.78 is 0. The van der Waals surface area contributed by atoms with Gasteiger partial charge in [-0.1, -0.05) is 23.4 Å². The smallest absolute Gasteiger partial charge is 0.254 e. The predicted octanol–water partition coefficient (Wildman–Crippen LogP) is 1.18. The maximum absolute atomic E-state index is 12.4. The Hall–Kier alpha value is -2.24. The van der Waals surface area contributed by atoms with Gasteiger partial charge in [0.2, 0.25) is 0 Å². The average Bonchev–Trinajstić information content (AvgIpc) is 3.09. The van der Waals surface area contributed by atoms with Crippen LogP contribution in [0.5, 0.6) is 0 Å². The molecule has 6 heteroatoms. The molecule has 18 heavy (non-hydrogen) atoms. The van der Waals surface area contributed by atoms with Crippen molar-refractivity contribution in [2.75, 3.05) is 6.54 Å². The first kappa shape index (κ1) is 10.9. The average molecular weight is 243 g/mol. The largest absolute Gasteiger partial charge is 0.328 e. The number of hydrogen-bond acceptors (Lipinski definition) is 4. The predicted molar refractivity (Wildman–Crippen MR) is 63.6 cm³/mol. The zero-order valence-corrected chi connectivity index (χ0v) is 9.78. The lowest BCUT2D eigenvalue weighted by Gasteiger charge is -2.22. The van der Waals surface area contributed by atoms with Crippen molar-refractivity contribution in [3.05, 3.63) is 41.7 Å². The van der Waals surface area contributed by atoms with Crippen LogP contribution in [0, 0.1) is 0 Å². The standard InChI is InChI=1S/C12H13N5O/c18-12(9-5-2-1-3-6-9)17-8-4-7-10(17)11-13-15-16-14-11/h1-3,5-6,10H,4,7-8H2,(H,13,14,15,16)/t10-/m0/s1. The van der Waals surface area contributed by atoms with E-state index in [9.17, 15) is 4.79 Å². The number of benzene rings is 1. The molecule has 0 unspecified atom stereocenters. The van der Waals surface area contributed by atoms with Gasteiger partial charge in [-0.05, 0) is 25.0 Å². The lowest BCUT2D eigenvalue weighted by molar-refractivity contribution is 0.0730. The SMILES string of the molecule is O=C(c1ccccc1)N1CCC[C@H]1c1nn[nH]n1. The first-order valence-electron chi connectivity index (χ1n) is 5.95. The van der Waals surface area contributed by atoms with Gasteiger partial charge in [0.1, 0.15) is 0 Å². The lowest BCUT2D eigenvalue weighted by atomic mass is 10.1. The first-order chi connectivity index (χ1) is 8.86. The van der Waals surface area contributed by atoms with Crippen molar-refractivity contribution >= 4 is 5.91 Å². The molecule has 6 nitrogen and oxygen atoms in total. The summed E-state index contributed by atoms with van der Waals surface area (Å²) >= 11 is 0. The zero-order chi connectivity index (χ0) is 12.4. The van der Waals surface area contributed by atoms with Gasteiger partial charge >= 0.3 is 0 Å². The van der Waals surface area contributed by atoms with Crippen LogP contribution in [0.2, 0.25) is 0 Å². The minimum absolute atomic E-state index is 0.0305. The molecule has 1 amide bonds. The van der Waals surface area contributed by atoms with Crippen molar-refractivity contribution in [1.29, 1.82) is 0 Å². The monoisotopic (exact) mass is 243 g/mol. The summed E-state index contributed by atoms with van der Waals surface area (Å²) in [6, 6.07) is 9.23. The fourth-order valence-corrected chi connectivity index (χ4v) is 2.34. The summed E-state index contributed by atoms with van der Waals surface area (Å²) in [5.74, 6) is 0.625. The maximum atomic E-state index is 12.4. The van der Waals surface area contributed by atoms with Crippen LogP contribution in [0.25, 0.3) is 0 Å². The number of nitrogens with one attached hydrogen (secondary N) is 1. The van der Waals surface area contributed by atoms with Crippen molar-refractivity contribution in [3.8, 4) is 0 Å². The topological polar surface area (TPSA) is 74.8 Å². The second kappa shape index (κ2) is 4.56. The van der Waals surface area contributed by atoms with E-state index >= 15 is 0 Å². The third kappa shape index (κ3) is 1.85. The highest BCUT2D eigenvalue weighted by Crippen LogP contribution is 2.30. The van der Waals surface area contributed by atoms with E-state index < -0.39 is 0 Å². The van der Waals surface area contributed by atoms with Gasteiger partial charge in [-0.25, -0.2) is 0 Å². The lowest BCUT2D eigenvalue weighted by Crippen LogP contribution is -2.31. The molecule has 1 fully saturated rings. The van der Waals surface area contributed by atoms with Crippen molar-refractivity contribution < 1.29 is 4.79 Å². The molecule has 2 aromatic rings. The number of tetrazole rings is 1. The Kier molecular flexibility index (Phi) is 2.76. The van der Waals surface area contributed by atoms with Gasteiger partial charge in [0.05, 0.1) is 6.04 Å². The first-order valence-corrected chi connectivity index (χ1v) is 5.95. The molecule has 1 aromatic heterocycles. The maximum Gasteiger partial charge on any atom is 0.254 e. The molecule has 2 heterocycles. The van der Waals surface area contributed by atoms with E-state index in [1.807, 2.05) is 35.2 Å². The van der Waals surface area contributed by atoms with E-state index in [4.69, 9.17) is 0 Å². The highest BCUT2D eigenvalue weighted by molar-refractivity contribution is 5.94. The molecule has 1 N–H and O–H groups in total. The van der Waals surface area contributed by atoms with Crippen LogP contribution in [0.4, 0.5) is 0 Å². The summed E-state index contributed by atoms with van der Waals surface area (Å²) in [5, 5.41) is 14.0. The molecule has 1 aromatic carbocycles. The van der Waals surface area contributed by atoms with Gasteiger partial charge in [0.25, 0.3) is 5.91 Å². The Balaban J connectivity index is 1.85. The summed E-state index contributed by atoms with van der Waals surface area (Å²) in [7, 11) is 0. The van der Waals surface area contributed by atoms with Gasteiger partial charge in [-0.3, -0.25) is 4.79 Å². The number of rotatable bonds is 2. The Morgan fingerprint density at radius 1 is 1.33 bits per heavy atom. The molecule has 92 valence electrons. The summed E-state index contributed by atoms with van der Waals surface area (Å²) in [6.45, 7) is 0.743. The van der Waals surface area contributed by atoms with Gasteiger partial charge in [-0.2, -0.15) is 5.21 Å². The van der Waals surface area contributed by atoms with Crippen LogP contribution in [0.15, 0.2) is 30.3 Å². The Labute approximate surface area is 104 Å². The van der Waals surface area contributed by atoms with Crippen LogP contribution in [0.3, 0.4) is 0 Å². The normalized spacial score (nSPS) is 19.1. The van der Waals surface area contributed by atoms with E-state index in [-0.39, 0.29) is 11.9 Å². The van der Waals surface area contributed by atoms with Crippen molar-refractivity contribution in [3.63, 3.8) is 0 Å². The van der Waals surface area contributed by atoms with Crippen LogP contribution >= 0.6 is 0 Å². The summed E-state index contributed by atoms with van der Waals surface area (Å²) in [6.07, 6.45) is 1.86. The molecule has 0 radical (unpaired) electrons. The number of aromatic amines is 1. The summed E-state index contributed by atoms with van der Waals surface area (Å²) in [4.78, 5) is 14.2. The Morgan fingerprint density at radius 2 is 2.17 bits per heavy atom. The molecular formula is C12H13N5O. The number of carbonyl (C=O) groups is 1. The van der Waals surface area contributed by atoms with E-state index in [0.717, 1.165) is 19.4 Å². The van der Waals surface area contributed by atoms with Crippen molar-refractivity contribution in [2.24, 2.45) is 0 Å². The van der Waals surface area contributed by atoms with Gasteiger partial charge in [0.15, 0.2) is 5.82 Å². The van der Waals surface area contributed by atoms with Crippen molar-refractivity contribution in [1.82, 2.24) is 25.5 Å². The molecule has 0 saturated carbocycles. The van der Waals surface area contributed by atoms with Crippen LogP contribution < -0.4 is 0 Å². The number of amides is 1. The second-order valence-electron chi connectivity index (χ2n) is 4.29. The summed E-state index contributed by atoms with van der Waals surface area (Å²) in [5.41, 5.74) is 0.702. The Morgan fingerprint density at radius 3 is 2.89 bits per heavy atom. The van der Waals surface area contributed by atoms with Crippen LogP contribution in [-0.2, 0) is 0 Å². The quantitative estimate of drug-likeness (QED) is 0.859. The third-order valence-corrected chi connectivity index (χ3v) is 3.19. The molecule has 0 aliphatic carbocycles. The highest BCUT2D eigenvalue weighted by atomic mass is 16.2. The highest BCUT2D eigenvalue weighted by Gasteiger charge is 2.33. The number of aromatic nitrogens is 4. The third-order valence-electron chi connectivity index (χ3n) is 3.19. The van der Waals surface area contributed by atoms with Crippen LogP contribution in [0.1, 0.15) is 35.1 Å². The fourth-order valence-electron chi connectivity index (χ4n) is 2.34. The molecule has 1 saturated heterocycles. The van der Waals surface area contributed by atoms with Crippen LogP contribution in [-0.4, -0.2) is 38.0 Å². The van der Waals surface area contributed by atoms with E-state index in [0.29, 0.717) is 11.4 Å². The number of likely N-dealkylation sites (tertiary alicyclic amines) is 1. The number of hydrogen-bond donors (Lipinski definition) is 1. The molecule has 0 spiro atoms. The minimum atomic E-state index is -0.0588. The van der Waals surface area contributed by atoms with Gasteiger partial charge in [-0.15, -0.1) is 10.2 Å². The van der Waals surface area contributed by atoms with E-state index in [1.54, 1.807) is 0 Å².